The number of halogens is 1. The summed E-state index contributed by atoms with van der Waals surface area (Å²) in [6.45, 7) is 9.66. The molecule has 4 N–H and O–H groups in total. The summed E-state index contributed by atoms with van der Waals surface area (Å²) in [5, 5.41) is 12.9. The number of nitrogens with zero attached hydrogens (tertiary/aromatic N) is 2. The van der Waals surface area contributed by atoms with Crippen molar-refractivity contribution in [2.45, 2.75) is 39.2 Å². The Morgan fingerprint density at radius 1 is 0.976 bits per heavy atom. The zero-order valence-electron chi connectivity index (χ0n) is 24.6. The monoisotopic (exact) mass is 570 g/mol. The van der Waals surface area contributed by atoms with E-state index in [9.17, 15) is 9.18 Å². The molecule has 42 heavy (non-hydrogen) atoms. The molecule has 0 aliphatic heterocycles. The van der Waals surface area contributed by atoms with Gasteiger partial charge in [0.15, 0.2) is 0 Å². The van der Waals surface area contributed by atoms with E-state index >= 15 is 0 Å². The minimum atomic E-state index is -0.860. The van der Waals surface area contributed by atoms with Crippen LogP contribution in [0.4, 0.5) is 21.8 Å². The SMILES string of the molecule is C=O.CNCCCNc1nc(Nc2cccc(C)c2)ncc1-c1ccc(CNC(=O)C(C)(C)c2cccc(F)c2)cc1. The van der Waals surface area contributed by atoms with Crippen molar-refractivity contribution in [1.82, 2.24) is 20.6 Å². The van der Waals surface area contributed by atoms with E-state index < -0.39 is 5.41 Å². The molecule has 0 aliphatic rings. The highest BCUT2D eigenvalue weighted by molar-refractivity contribution is 5.87. The van der Waals surface area contributed by atoms with Gasteiger partial charge >= 0.3 is 0 Å². The number of anilines is 3. The molecule has 0 saturated heterocycles. The highest BCUT2D eigenvalue weighted by Crippen LogP contribution is 2.28. The van der Waals surface area contributed by atoms with Gasteiger partial charge in [-0.25, -0.2) is 9.37 Å². The van der Waals surface area contributed by atoms with Gasteiger partial charge in [-0.1, -0.05) is 48.5 Å². The van der Waals surface area contributed by atoms with E-state index in [4.69, 9.17) is 9.78 Å². The van der Waals surface area contributed by atoms with Crippen LogP contribution in [0.5, 0.6) is 0 Å². The Morgan fingerprint density at radius 2 is 1.71 bits per heavy atom. The molecule has 0 unspecified atom stereocenters. The van der Waals surface area contributed by atoms with Crippen LogP contribution in [-0.4, -0.2) is 42.8 Å². The summed E-state index contributed by atoms with van der Waals surface area (Å²) >= 11 is 0. The van der Waals surface area contributed by atoms with Crippen molar-refractivity contribution >= 4 is 30.1 Å². The highest BCUT2D eigenvalue weighted by atomic mass is 19.1. The van der Waals surface area contributed by atoms with Gasteiger partial charge in [-0.05, 0) is 87.3 Å². The Labute approximate surface area is 247 Å². The molecule has 0 atom stereocenters. The van der Waals surface area contributed by atoms with Crippen molar-refractivity contribution in [3.63, 3.8) is 0 Å². The quantitative estimate of drug-likeness (QED) is 0.160. The van der Waals surface area contributed by atoms with Crippen LogP contribution in [0.25, 0.3) is 11.1 Å². The molecule has 4 rings (SSSR count). The molecule has 0 bridgehead atoms. The number of hydrogen-bond donors (Lipinski definition) is 4. The van der Waals surface area contributed by atoms with Crippen molar-refractivity contribution in [1.29, 1.82) is 0 Å². The van der Waals surface area contributed by atoms with Crippen LogP contribution >= 0.6 is 0 Å². The lowest BCUT2D eigenvalue weighted by molar-refractivity contribution is -0.125. The third-order valence-corrected chi connectivity index (χ3v) is 6.79. The Balaban J connectivity index is 0.00000237. The Kier molecular flexibility index (Phi) is 11.7. The average molecular weight is 571 g/mol. The highest BCUT2D eigenvalue weighted by Gasteiger charge is 2.29. The molecule has 0 fully saturated rings. The fourth-order valence-corrected chi connectivity index (χ4v) is 4.33. The van der Waals surface area contributed by atoms with Crippen LogP contribution < -0.4 is 21.3 Å². The van der Waals surface area contributed by atoms with Crippen LogP contribution in [-0.2, 0) is 21.5 Å². The minimum absolute atomic E-state index is 0.166. The zero-order valence-corrected chi connectivity index (χ0v) is 24.6. The van der Waals surface area contributed by atoms with Gasteiger partial charge in [-0.2, -0.15) is 4.98 Å². The first-order valence-corrected chi connectivity index (χ1v) is 13.8. The molecule has 3 aromatic carbocycles. The predicted molar refractivity (Wildman–Crippen MR) is 167 cm³/mol. The number of aryl methyl sites for hydroxylation is 1. The summed E-state index contributed by atoms with van der Waals surface area (Å²) in [7, 11) is 1.94. The molecule has 220 valence electrons. The lowest BCUT2D eigenvalue weighted by Crippen LogP contribution is -2.39. The second kappa shape index (κ2) is 15.4. The summed E-state index contributed by atoms with van der Waals surface area (Å²) in [6, 6.07) is 22.2. The van der Waals surface area contributed by atoms with Crippen LogP contribution in [0, 0.1) is 12.7 Å². The number of benzene rings is 3. The van der Waals surface area contributed by atoms with Crippen LogP contribution in [0.3, 0.4) is 0 Å². The second-order valence-corrected chi connectivity index (χ2v) is 10.3. The number of amides is 1. The van der Waals surface area contributed by atoms with E-state index in [0.29, 0.717) is 18.1 Å². The number of hydrogen-bond acceptors (Lipinski definition) is 7. The van der Waals surface area contributed by atoms with Gasteiger partial charge in [0, 0.05) is 30.5 Å². The molecule has 0 radical (unpaired) electrons. The molecular weight excluding hydrogens is 531 g/mol. The van der Waals surface area contributed by atoms with E-state index in [0.717, 1.165) is 53.3 Å². The van der Waals surface area contributed by atoms with Crippen molar-refractivity contribution < 1.29 is 14.0 Å². The average Bonchev–Trinajstić information content (AvgIpc) is 2.99. The van der Waals surface area contributed by atoms with E-state index in [1.165, 1.54) is 12.1 Å². The summed E-state index contributed by atoms with van der Waals surface area (Å²) in [4.78, 5) is 30.3. The van der Waals surface area contributed by atoms with Crippen LogP contribution in [0.15, 0.2) is 79.0 Å². The minimum Gasteiger partial charge on any atom is -0.369 e. The first-order chi connectivity index (χ1) is 20.3. The molecule has 1 amide bonds. The Bertz CT molecular complexity index is 1460. The standard InChI is InChI=1S/C32H37FN6O.CH2O/c1-22-8-5-11-27(18-22)38-31-37-21-28(29(39-31)35-17-7-16-34-4)24-14-12-23(13-15-24)20-36-30(40)32(2,3)25-9-6-10-26(33)19-25;1-2/h5-6,8-15,18-19,21,34H,7,16-17,20H2,1-4H3,(H,36,40)(H2,35,37,38,39);1H2. The van der Waals surface area contributed by atoms with Crippen molar-refractivity contribution in [2.24, 2.45) is 0 Å². The largest absolute Gasteiger partial charge is 0.369 e. The number of aromatic nitrogens is 2. The molecule has 1 aromatic heterocycles. The summed E-state index contributed by atoms with van der Waals surface area (Å²) in [6.07, 6.45) is 2.77. The maximum atomic E-state index is 13.7. The predicted octanol–water partition coefficient (Wildman–Crippen LogP) is 5.77. The third-order valence-electron chi connectivity index (χ3n) is 6.79. The van der Waals surface area contributed by atoms with Gasteiger partial charge in [0.25, 0.3) is 0 Å². The van der Waals surface area contributed by atoms with Gasteiger partial charge < -0.3 is 26.1 Å². The van der Waals surface area contributed by atoms with E-state index in [1.807, 2.05) is 75.5 Å². The lowest BCUT2D eigenvalue weighted by atomic mass is 9.83. The Morgan fingerprint density at radius 3 is 2.40 bits per heavy atom. The molecule has 8 nitrogen and oxygen atoms in total. The zero-order chi connectivity index (χ0) is 30.5. The summed E-state index contributed by atoms with van der Waals surface area (Å²) in [5.41, 5.74) is 4.67. The number of carbonyl (C=O) groups is 2. The molecule has 0 spiro atoms. The maximum Gasteiger partial charge on any atom is 0.230 e. The Hall–Kier alpha value is -4.63. The molecular formula is C33H39FN6O2. The van der Waals surface area contributed by atoms with E-state index in [-0.39, 0.29) is 11.7 Å². The van der Waals surface area contributed by atoms with Gasteiger partial charge in [0.05, 0.1) is 5.41 Å². The maximum absolute atomic E-state index is 13.7. The van der Waals surface area contributed by atoms with Crippen molar-refractivity contribution in [2.75, 3.05) is 30.8 Å². The molecule has 0 saturated carbocycles. The van der Waals surface area contributed by atoms with E-state index in [1.54, 1.807) is 26.0 Å². The molecule has 1 heterocycles. The first kappa shape index (κ1) is 31.9. The van der Waals surface area contributed by atoms with Gasteiger partial charge in [-0.3, -0.25) is 4.79 Å². The smallest absolute Gasteiger partial charge is 0.230 e. The first-order valence-electron chi connectivity index (χ1n) is 13.8. The van der Waals surface area contributed by atoms with Crippen molar-refractivity contribution in [3.8, 4) is 11.1 Å². The van der Waals surface area contributed by atoms with E-state index in [2.05, 4.69) is 26.3 Å². The fourth-order valence-electron chi connectivity index (χ4n) is 4.33. The molecule has 0 aliphatic carbocycles. The van der Waals surface area contributed by atoms with Crippen molar-refractivity contribution in [3.05, 3.63) is 102 Å². The van der Waals surface area contributed by atoms with Crippen LogP contribution in [0.1, 0.15) is 37.0 Å². The number of carbonyl (C=O) groups excluding carboxylic acids is 2. The van der Waals surface area contributed by atoms with Gasteiger partial charge in [-0.15, -0.1) is 0 Å². The number of nitrogens with one attached hydrogen (secondary N) is 4. The summed E-state index contributed by atoms with van der Waals surface area (Å²) in [5.74, 6) is 0.748. The lowest BCUT2D eigenvalue weighted by Gasteiger charge is -2.24. The van der Waals surface area contributed by atoms with Gasteiger partial charge in [0.2, 0.25) is 11.9 Å². The molecule has 9 heteroatoms. The normalized spacial score (nSPS) is 10.8. The fraction of sp³-hybridized carbons (Fsp3) is 0.273. The summed E-state index contributed by atoms with van der Waals surface area (Å²) < 4.78 is 13.7. The molecule has 4 aromatic rings. The third kappa shape index (κ3) is 8.68. The number of rotatable bonds is 12. The van der Waals surface area contributed by atoms with Crippen LogP contribution in [0.2, 0.25) is 0 Å². The van der Waals surface area contributed by atoms with Gasteiger partial charge in [0.1, 0.15) is 18.4 Å². The topological polar surface area (TPSA) is 108 Å². The second-order valence-electron chi connectivity index (χ2n) is 10.3.